The number of aromatic nitrogens is 3. The molecule has 0 unspecified atom stereocenters. The summed E-state index contributed by atoms with van der Waals surface area (Å²) < 4.78 is 6.83. The van der Waals surface area contributed by atoms with Crippen LogP contribution < -0.4 is 4.74 Å². The maximum absolute atomic E-state index is 12.9. The van der Waals surface area contributed by atoms with Crippen molar-refractivity contribution >= 4 is 28.4 Å². The Bertz CT molecular complexity index is 1220. The number of ketones is 1. The SMILES string of the molecule is COc1ccc(O)c(C(=O)c2cnc3c(c2)c(C)nn3-c2cccc(Cl)c2)c1. The monoisotopic (exact) mass is 393 g/mol. The van der Waals surface area contributed by atoms with E-state index in [0.717, 1.165) is 16.8 Å². The largest absolute Gasteiger partial charge is 0.507 e. The number of aryl methyl sites for hydroxylation is 1. The van der Waals surface area contributed by atoms with Gasteiger partial charge < -0.3 is 9.84 Å². The maximum Gasteiger partial charge on any atom is 0.198 e. The quantitative estimate of drug-likeness (QED) is 0.522. The van der Waals surface area contributed by atoms with Crippen molar-refractivity contribution in [3.63, 3.8) is 0 Å². The van der Waals surface area contributed by atoms with Crippen molar-refractivity contribution < 1.29 is 14.6 Å². The van der Waals surface area contributed by atoms with Crippen molar-refractivity contribution in [3.8, 4) is 17.2 Å². The molecular formula is C21H16ClN3O3. The summed E-state index contributed by atoms with van der Waals surface area (Å²) in [5.74, 6) is 0.0260. The third-order valence-electron chi connectivity index (χ3n) is 4.47. The highest BCUT2D eigenvalue weighted by atomic mass is 35.5. The summed E-state index contributed by atoms with van der Waals surface area (Å²) in [6, 6.07) is 13.6. The molecule has 0 radical (unpaired) electrons. The standard InChI is InChI=1S/C21H16ClN3O3/c1-12-17-8-13(20(27)18-10-16(28-2)6-7-19(18)26)11-23-21(17)25(24-12)15-5-3-4-14(22)9-15/h3-11,26H,1-2H3. The lowest BCUT2D eigenvalue weighted by Crippen LogP contribution is -2.04. The molecule has 1 N–H and O–H groups in total. The highest BCUT2D eigenvalue weighted by molar-refractivity contribution is 6.30. The zero-order valence-electron chi connectivity index (χ0n) is 15.2. The number of rotatable bonds is 4. The second kappa shape index (κ2) is 6.98. The van der Waals surface area contributed by atoms with Crippen LogP contribution in [0.5, 0.6) is 11.5 Å². The van der Waals surface area contributed by atoms with Crippen molar-refractivity contribution in [1.82, 2.24) is 14.8 Å². The summed E-state index contributed by atoms with van der Waals surface area (Å²) in [5, 5.41) is 16.0. The minimum absolute atomic E-state index is 0.114. The van der Waals surface area contributed by atoms with Gasteiger partial charge in [0.1, 0.15) is 11.5 Å². The van der Waals surface area contributed by atoms with Crippen molar-refractivity contribution in [2.24, 2.45) is 0 Å². The number of fused-ring (bicyclic) bond motifs is 1. The number of carbonyl (C=O) groups is 1. The van der Waals surface area contributed by atoms with E-state index in [1.165, 1.54) is 25.4 Å². The number of aromatic hydroxyl groups is 1. The molecule has 0 aliphatic rings. The second-order valence-electron chi connectivity index (χ2n) is 6.28. The second-order valence-corrected chi connectivity index (χ2v) is 6.72. The van der Waals surface area contributed by atoms with E-state index in [2.05, 4.69) is 10.1 Å². The highest BCUT2D eigenvalue weighted by Crippen LogP contribution is 2.27. The van der Waals surface area contributed by atoms with Crippen LogP contribution in [0.1, 0.15) is 21.6 Å². The lowest BCUT2D eigenvalue weighted by Gasteiger charge is -2.07. The van der Waals surface area contributed by atoms with Crippen LogP contribution in [0.15, 0.2) is 54.7 Å². The Kier molecular flexibility index (Phi) is 4.49. The molecule has 0 aliphatic heterocycles. The first kappa shape index (κ1) is 18.0. The predicted octanol–water partition coefficient (Wildman–Crippen LogP) is 4.33. The minimum atomic E-state index is -0.347. The van der Waals surface area contributed by atoms with Crippen LogP contribution in [0, 0.1) is 6.92 Å². The Morgan fingerprint density at radius 1 is 1.18 bits per heavy atom. The molecule has 0 saturated heterocycles. The van der Waals surface area contributed by atoms with E-state index in [4.69, 9.17) is 16.3 Å². The number of pyridine rings is 1. The normalized spacial score (nSPS) is 11.0. The molecular weight excluding hydrogens is 378 g/mol. The molecule has 0 bridgehead atoms. The first-order chi connectivity index (χ1) is 13.5. The number of benzene rings is 2. The van der Waals surface area contributed by atoms with Crippen LogP contribution in [0.4, 0.5) is 0 Å². The number of nitrogens with zero attached hydrogens (tertiary/aromatic N) is 3. The average molecular weight is 394 g/mol. The molecule has 6 nitrogen and oxygen atoms in total. The third kappa shape index (κ3) is 3.08. The molecule has 2 aromatic carbocycles. The molecule has 28 heavy (non-hydrogen) atoms. The summed E-state index contributed by atoms with van der Waals surface area (Å²) in [6.07, 6.45) is 1.48. The lowest BCUT2D eigenvalue weighted by molar-refractivity contribution is 0.103. The van der Waals surface area contributed by atoms with Gasteiger partial charge in [-0.25, -0.2) is 9.67 Å². The first-order valence-electron chi connectivity index (χ1n) is 8.51. The van der Waals surface area contributed by atoms with Gasteiger partial charge in [-0.05, 0) is 49.4 Å². The molecule has 0 fully saturated rings. The zero-order valence-corrected chi connectivity index (χ0v) is 15.9. The Labute approximate surface area is 166 Å². The van der Waals surface area contributed by atoms with Crippen molar-refractivity contribution in [1.29, 1.82) is 0 Å². The Hall–Kier alpha value is -3.38. The first-order valence-corrected chi connectivity index (χ1v) is 8.89. The van der Waals surface area contributed by atoms with Crippen LogP contribution in [-0.4, -0.2) is 32.8 Å². The molecule has 4 rings (SSSR count). The molecule has 2 heterocycles. The molecule has 7 heteroatoms. The van der Waals surface area contributed by atoms with Crippen LogP contribution in [0.25, 0.3) is 16.7 Å². The van der Waals surface area contributed by atoms with Gasteiger partial charge in [-0.3, -0.25) is 4.79 Å². The fourth-order valence-electron chi connectivity index (χ4n) is 3.04. The highest BCUT2D eigenvalue weighted by Gasteiger charge is 2.18. The van der Waals surface area contributed by atoms with Crippen molar-refractivity contribution in [2.75, 3.05) is 7.11 Å². The number of ether oxygens (including phenoxy) is 1. The number of phenols is 1. The zero-order chi connectivity index (χ0) is 19.8. The molecule has 0 spiro atoms. The lowest BCUT2D eigenvalue weighted by atomic mass is 10.0. The Morgan fingerprint density at radius 3 is 2.75 bits per heavy atom. The van der Waals surface area contributed by atoms with E-state index in [1.54, 1.807) is 28.9 Å². The topological polar surface area (TPSA) is 77.2 Å². The van der Waals surface area contributed by atoms with Crippen LogP contribution in [-0.2, 0) is 0 Å². The van der Waals surface area contributed by atoms with Gasteiger partial charge in [0.05, 0.1) is 24.1 Å². The molecule has 2 aromatic heterocycles. The van der Waals surface area contributed by atoms with E-state index in [-0.39, 0.29) is 17.1 Å². The fraction of sp³-hybridized carbons (Fsp3) is 0.0952. The summed E-state index contributed by atoms with van der Waals surface area (Å²) in [4.78, 5) is 17.4. The van der Waals surface area contributed by atoms with Crippen molar-refractivity contribution in [3.05, 3.63) is 76.6 Å². The van der Waals surface area contributed by atoms with E-state index in [0.29, 0.717) is 22.0 Å². The fourth-order valence-corrected chi connectivity index (χ4v) is 3.22. The maximum atomic E-state index is 12.9. The van der Waals surface area contributed by atoms with E-state index in [9.17, 15) is 9.90 Å². The summed E-state index contributed by atoms with van der Waals surface area (Å²) in [5.41, 5.74) is 2.63. The van der Waals surface area contributed by atoms with E-state index in [1.807, 2.05) is 19.1 Å². The third-order valence-corrected chi connectivity index (χ3v) is 4.71. The van der Waals surface area contributed by atoms with Crippen molar-refractivity contribution in [2.45, 2.75) is 6.92 Å². The van der Waals surface area contributed by atoms with Gasteiger partial charge in [0, 0.05) is 22.2 Å². The van der Waals surface area contributed by atoms with Crippen LogP contribution in [0.3, 0.4) is 0 Å². The van der Waals surface area contributed by atoms with Gasteiger partial charge in [0.15, 0.2) is 11.4 Å². The van der Waals surface area contributed by atoms with E-state index < -0.39 is 0 Å². The summed E-state index contributed by atoms with van der Waals surface area (Å²) in [6.45, 7) is 1.85. The van der Waals surface area contributed by atoms with Crippen LogP contribution in [0.2, 0.25) is 5.02 Å². The molecule has 140 valence electrons. The van der Waals surface area contributed by atoms with Gasteiger partial charge in [-0.2, -0.15) is 5.10 Å². The predicted molar refractivity (Wildman–Crippen MR) is 107 cm³/mol. The summed E-state index contributed by atoms with van der Waals surface area (Å²) in [7, 11) is 1.50. The van der Waals surface area contributed by atoms with Crippen LogP contribution >= 0.6 is 11.6 Å². The number of carbonyl (C=O) groups excluding carboxylic acids is 1. The Morgan fingerprint density at radius 2 is 2.00 bits per heavy atom. The Balaban J connectivity index is 1.81. The van der Waals surface area contributed by atoms with Gasteiger partial charge in [0.2, 0.25) is 0 Å². The van der Waals surface area contributed by atoms with Gasteiger partial charge >= 0.3 is 0 Å². The van der Waals surface area contributed by atoms with Gasteiger partial charge in [-0.1, -0.05) is 17.7 Å². The number of phenolic OH excluding ortho intramolecular Hbond substituents is 1. The summed E-state index contributed by atoms with van der Waals surface area (Å²) >= 11 is 6.09. The molecule has 0 atom stereocenters. The minimum Gasteiger partial charge on any atom is -0.507 e. The van der Waals surface area contributed by atoms with Gasteiger partial charge in [0.25, 0.3) is 0 Å². The number of hydrogen-bond acceptors (Lipinski definition) is 5. The average Bonchev–Trinajstić information content (AvgIpc) is 3.04. The molecule has 0 aliphatic carbocycles. The number of hydrogen-bond donors (Lipinski definition) is 1. The molecule has 4 aromatic rings. The molecule has 0 saturated carbocycles. The number of methoxy groups -OCH3 is 1. The molecule has 0 amide bonds. The van der Waals surface area contributed by atoms with E-state index >= 15 is 0 Å². The smallest absolute Gasteiger partial charge is 0.198 e. The number of halogens is 1. The van der Waals surface area contributed by atoms with Gasteiger partial charge in [-0.15, -0.1) is 0 Å².